The first-order chi connectivity index (χ1) is 8.43. The molecule has 4 nitrogen and oxygen atoms in total. The average Bonchev–Trinajstić information content (AvgIpc) is 2.35. The van der Waals surface area contributed by atoms with Crippen molar-refractivity contribution < 1.29 is 13.2 Å². The summed E-state index contributed by atoms with van der Waals surface area (Å²) in [4.78, 5) is 0. The average molecular weight is 277 g/mol. The van der Waals surface area contributed by atoms with Crippen molar-refractivity contribution in [1.29, 1.82) is 0 Å². The second kappa shape index (κ2) is 6.87. The molecule has 0 aromatic heterocycles. The maximum Gasteiger partial charge on any atom is 0.150 e. The van der Waals surface area contributed by atoms with Crippen molar-refractivity contribution in [3.05, 3.63) is 0 Å². The Morgan fingerprint density at radius 1 is 1.39 bits per heavy atom. The molecule has 0 saturated carbocycles. The summed E-state index contributed by atoms with van der Waals surface area (Å²) < 4.78 is 28.9. The van der Waals surface area contributed by atoms with E-state index in [0.717, 1.165) is 25.9 Å². The lowest BCUT2D eigenvalue weighted by atomic mass is 9.86. The third-order valence-corrected chi connectivity index (χ3v) is 5.76. The molecule has 1 aliphatic heterocycles. The van der Waals surface area contributed by atoms with Gasteiger partial charge >= 0.3 is 0 Å². The van der Waals surface area contributed by atoms with Gasteiger partial charge in [0.1, 0.15) is 9.84 Å². The van der Waals surface area contributed by atoms with E-state index in [1.54, 1.807) is 6.92 Å². The highest BCUT2D eigenvalue weighted by Crippen LogP contribution is 2.29. The van der Waals surface area contributed by atoms with Crippen molar-refractivity contribution >= 4 is 9.84 Å². The molecular formula is C13H27NO3S. The van der Waals surface area contributed by atoms with Crippen LogP contribution in [-0.4, -0.2) is 45.2 Å². The largest absolute Gasteiger partial charge is 0.374 e. The molecule has 1 N–H and O–H groups in total. The van der Waals surface area contributed by atoms with E-state index in [-0.39, 0.29) is 23.1 Å². The first-order valence-electron chi connectivity index (χ1n) is 6.95. The van der Waals surface area contributed by atoms with Crippen LogP contribution < -0.4 is 5.32 Å². The third kappa shape index (κ3) is 4.52. The van der Waals surface area contributed by atoms with E-state index >= 15 is 0 Å². The maximum absolute atomic E-state index is 11.5. The first kappa shape index (κ1) is 15.9. The van der Waals surface area contributed by atoms with Crippen LogP contribution in [-0.2, 0) is 14.6 Å². The van der Waals surface area contributed by atoms with Crippen LogP contribution in [0.2, 0.25) is 0 Å². The second-order valence-corrected chi connectivity index (χ2v) is 7.81. The van der Waals surface area contributed by atoms with Gasteiger partial charge in [-0.2, -0.15) is 0 Å². The number of sulfone groups is 1. The Morgan fingerprint density at radius 3 is 2.61 bits per heavy atom. The Bertz CT molecular complexity index is 334. The van der Waals surface area contributed by atoms with Crippen LogP contribution in [0.25, 0.3) is 0 Å². The van der Waals surface area contributed by atoms with Crippen LogP contribution in [0.3, 0.4) is 0 Å². The van der Waals surface area contributed by atoms with Crippen molar-refractivity contribution in [3.8, 4) is 0 Å². The monoisotopic (exact) mass is 277 g/mol. The molecule has 1 saturated heterocycles. The quantitative estimate of drug-likeness (QED) is 0.770. The highest BCUT2D eigenvalue weighted by atomic mass is 32.2. The summed E-state index contributed by atoms with van der Waals surface area (Å²) in [6.45, 7) is 4.67. The number of rotatable bonds is 7. The zero-order valence-corrected chi connectivity index (χ0v) is 12.7. The van der Waals surface area contributed by atoms with Gasteiger partial charge in [-0.05, 0) is 46.1 Å². The summed E-state index contributed by atoms with van der Waals surface area (Å²) >= 11 is 0. The fourth-order valence-electron chi connectivity index (χ4n) is 2.64. The maximum atomic E-state index is 11.5. The Labute approximate surface area is 111 Å². The molecule has 18 heavy (non-hydrogen) atoms. The van der Waals surface area contributed by atoms with Crippen LogP contribution >= 0.6 is 0 Å². The molecule has 2 unspecified atom stereocenters. The molecule has 5 heteroatoms. The fourth-order valence-corrected chi connectivity index (χ4v) is 3.53. The van der Waals surface area contributed by atoms with Crippen molar-refractivity contribution in [2.75, 3.05) is 25.2 Å². The summed E-state index contributed by atoms with van der Waals surface area (Å²) in [5, 5.41) is 3.30. The molecule has 0 radical (unpaired) electrons. The van der Waals surface area contributed by atoms with Gasteiger partial charge in [-0.15, -0.1) is 0 Å². The van der Waals surface area contributed by atoms with E-state index in [0.29, 0.717) is 6.42 Å². The second-order valence-electron chi connectivity index (χ2n) is 5.34. The van der Waals surface area contributed by atoms with Gasteiger partial charge < -0.3 is 10.1 Å². The lowest BCUT2D eigenvalue weighted by molar-refractivity contribution is -0.0887. The predicted molar refractivity (Wildman–Crippen MR) is 74.6 cm³/mol. The van der Waals surface area contributed by atoms with Crippen LogP contribution in [0.1, 0.15) is 46.0 Å². The molecule has 0 bridgehead atoms. The van der Waals surface area contributed by atoms with E-state index in [1.807, 2.05) is 7.05 Å². The number of ether oxygens (including phenoxy) is 1. The molecule has 1 rings (SSSR count). The van der Waals surface area contributed by atoms with E-state index in [9.17, 15) is 8.42 Å². The van der Waals surface area contributed by atoms with E-state index in [1.165, 1.54) is 6.42 Å². The number of nitrogens with one attached hydrogen (secondary N) is 1. The van der Waals surface area contributed by atoms with Crippen molar-refractivity contribution in [3.63, 3.8) is 0 Å². The molecule has 0 aromatic rings. The molecule has 1 heterocycles. The molecule has 0 aromatic carbocycles. The van der Waals surface area contributed by atoms with Crippen molar-refractivity contribution in [1.82, 2.24) is 5.32 Å². The lowest BCUT2D eigenvalue weighted by Crippen LogP contribution is -2.51. The molecular weight excluding hydrogens is 250 g/mol. The van der Waals surface area contributed by atoms with Gasteiger partial charge in [-0.3, -0.25) is 0 Å². The zero-order valence-electron chi connectivity index (χ0n) is 11.9. The first-order valence-corrected chi connectivity index (χ1v) is 8.77. The standard InChI is InChI=1S/C13H27NO3S/c1-4-18(15,16)11-7-8-12(14-3)13(2)9-5-6-10-17-13/h12,14H,4-11H2,1-3H3. The predicted octanol–water partition coefficient (Wildman–Crippen LogP) is 1.75. The van der Waals surface area contributed by atoms with Gasteiger partial charge in [-0.25, -0.2) is 8.42 Å². The number of likely N-dealkylation sites (N-methyl/N-ethyl adjacent to an activating group) is 1. The summed E-state index contributed by atoms with van der Waals surface area (Å²) in [6, 6.07) is 0.241. The Morgan fingerprint density at radius 2 is 2.11 bits per heavy atom. The molecule has 0 amide bonds. The number of hydrogen-bond acceptors (Lipinski definition) is 4. The van der Waals surface area contributed by atoms with Gasteiger partial charge in [0.15, 0.2) is 0 Å². The normalized spacial score (nSPS) is 27.1. The van der Waals surface area contributed by atoms with Gasteiger partial charge in [0.05, 0.1) is 11.4 Å². The lowest BCUT2D eigenvalue weighted by Gasteiger charge is -2.40. The SMILES string of the molecule is CCS(=O)(=O)CCCC(NC)C1(C)CCCCO1. The highest BCUT2D eigenvalue weighted by Gasteiger charge is 2.35. The summed E-state index contributed by atoms with van der Waals surface area (Å²) in [5.41, 5.74) is -0.136. The van der Waals surface area contributed by atoms with Crippen molar-refractivity contribution in [2.24, 2.45) is 0 Å². The summed E-state index contributed by atoms with van der Waals surface area (Å²) in [6.07, 6.45) is 4.95. The topological polar surface area (TPSA) is 55.4 Å². The van der Waals surface area contributed by atoms with Gasteiger partial charge in [0.25, 0.3) is 0 Å². The Kier molecular flexibility index (Phi) is 6.08. The van der Waals surface area contributed by atoms with Crippen molar-refractivity contribution in [2.45, 2.75) is 57.6 Å². The minimum Gasteiger partial charge on any atom is -0.374 e. The summed E-state index contributed by atoms with van der Waals surface area (Å²) in [7, 11) is -0.910. The van der Waals surface area contributed by atoms with Crippen LogP contribution in [0.4, 0.5) is 0 Å². The molecule has 0 aliphatic carbocycles. The Hall–Kier alpha value is -0.130. The minimum atomic E-state index is -2.84. The van der Waals surface area contributed by atoms with Crippen LogP contribution in [0, 0.1) is 0 Å². The van der Waals surface area contributed by atoms with Gasteiger partial charge in [0.2, 0.25) is 0 Å². The zero-order chi connectivity index (χ0) is 13.6. The highest BCUT2D eigenvalue weighted by molar-refractivity contribution is 7.91. The fraction of sp³-hybridized carbons (Fsp3) is 1.00. The molecule has 1 fully saturated rings. The van der Waals surface area contributed by atoms with Crippen LogP contribution in [0.15, 0.2) is 0 Å². The summed E-state index contributed by atoms with van der Waals surface area (Å²) in [5.74, 6) is 0.531. The Balaban J connectivity index is 2.46. The smallest absolute Gasteiger partial charge is 0.150 e. The molecule has 2 atom stereocenters. The van der Waals surface area contributed by atoms with E-state index < -0.39 is 9.84 Å². The van der Waals surface area contributed by atoms with Gasteiger partial charge in [0, 0.05) is 18.4 Å². The number of hydrogen-bond donors (Lipinski definition) is 1. The minimum absolute atomic E-state index is 0.136. The molecule has 1 aliphatic rings. The molecule has 108 valence electrons. The van der Waals surface area contributed by atoms with Gasteiger partial charge in [-0.1, -0.05) is 6.92 Å². The third-order valence-electron chi connectivity index (χ3n) is 3.97. The van der Waals surface area contributed by atoms with E-state index in [4.69, 9.17) is 4.74 Å². The van der Waals surface area contributed by atoms with E-state index in [2.05, 4.69) is 12.2 Å². The molecule has 0 spiro atoms. The van der Waals surface area contributed by atoms with Crippen LogP contribution in [0.5, 0.6) is 0 Å².